The van der Waals surface area contributed by atoms with Crippen molar-refractivity contribution < 1.29 is 9.53 Å². The summed E-state index contributed by atoms with van der Waals surface area (Å²) in [4.78, 5) is 23.1. The normalized spacial score (nSPS) is 18.7. The molecule has 2 aliphatic heterocycles. The average Bonchev–Trinajstić information content (AvgIpc) is 3.46. The second-order valence-corrected chi connectivity index (χ2v) is 10.2. The van der Waals surface area contributed by atoms with Gasteiger partial charge in [-0.2, -0.15) is 0 Å². The van der Waals surface area contributed by atoms with E-state index >= 15 is 4.79 Å². The second kappa shape index (κ2) is 8.89. The number of amides is 1. The fraction of sp³-hybridized carbons (Fsp3) is 0.182. The van der Waals surface area contributed by atoms with E-state index in [1.54, 1.807) is 7.11 Å². The number of hydrogen-bond donors (Lipinski definition) is 1. The summed E-state index contributed by atoms with van der Waals surface area (Å²) in [7, 11) is 1.68. The molecule has 4 aromatic carbocycles. The first-order valence-electron chi connectivity index (χ1n) is 13.1. The monoisotopic (exact) mass is 499 g/mol. The van der Waals surface area contributed by atoms with Crippen LogP contribution in [-0.2, 0) is 29.8 Å². The predicted octanol–water partition coefficient (Wildman–Crippen LogP) is 6.03. The summed E-state index contributed by atoms with van der Waals surface area (Å²) >= 11 is 0. The third-order valence-corrected chi connectivity index (χ3v) is 8.12. The molecule has 38 heavy (non-hydrogen) atoms. The molecule has 1 aromatic heterocycles. The molecule has 1 spiro atoms. The molecule has 0 unspecified atom stereocenters. The zero-order chi connectivity index (χ0) is 25.7. The number of benzene rings is 4. The van der Waals surface area contributed by atoms with Crippen LogP contribution in [0.4, 0.5) is 5.69 Å². The van der Waals surface area contributed by atoms with Crippen LogP contribution < -0.4 is 9.64 Å². The van der Waals surface area contributed by atoms with Gasteiger partial charge < -0.3 is 14.6 Å². The Hall–Kier alpha value is -4.35. The van der Waals surface area contributed by atoms with E-state index in [1.807, 2.05) is 47.4 Å². The lowest BCUT2D eigenvalue weighted by Gasteiger charge is -2.43. The van der Waals surface area contributed by atoms with Crippen LogP contribution in [0.2, 0.25) is 0 Å². The molecular weight excluding hydrogens is 470 g/mol. The number of nitrogens with one attached hydrogen (secondary N) is 1. The average molecular weight is 500 g/mol. The second-order valence-electron chi connectivity index (χ2n) is 10.2. The number of aromatic amines is 1. The quantitative estimate of drug-likeness (QED) is 0.321. The molecule has 7 rings (SSSR count). The van der Waals surface area contributed by atoms with Gasteiger partial charge in [-0.25, -0.2) is 0 Å². The van der Waals surface area contributed by atoms with Gasteiger partial charge in [0.25, 0.3) is 5.91 Å². The highest BCUT2D eigenvalue weighted by Gasteiger charge is 2.59. The SMILES string of the molecule is COc1ccc2c(c1)[C@@]1(C(=O)N2Cc2ccccc2)c2[nH]c3ccccc3c2CCN1Cc1ccccc1. The summed E-state index contributed by atoms with van der Waals surface area (Å²) in [5, 5.41) is 1.19. The van der Waals surface area contributed by atoms with Gasteiger partial charge in [0.1, 0.15) is 5.75 Å². The number of nitrogens with zero attached hydrogens (tertiary/aromatic N) is 2. The minimum atomic E-state index is -0.985. The van der Waals surface area contributed by atoms with Gasteiger partial charge in [0, 0.05) is 29.6 Å². The van der Waals surface area contributed by atoms with E-state index in [0.717, 1.165) is 46.7 Å². The van der Waals surface area contributed by atoms with Crippen molar-refractivity contribution >= 4 is 22.5 Å². The van der Waals surface area contributed by atoms with Crippen molar-refractivity contribution in [2.24, 2.45) is 0 Å². The van der Waals surface area contributed by atoms with Crippen molar-refractivity contribution in [2.45, 2.75) is 25.0 Å². The van der Waals surface area contributed by atoms with Crippen molar-refractivity contribution in [1.29, 1.82) is 0 Å². The first-order valence-corrected chi connectivity index (χ1v) is 13.1. The molecule has 5 aromatic rings. The van der Waals surface area contributed by atoms with Gasteiger partial charge in [0.15, 0.2) is 5.54 Å². The summed E-state index contributed by atoms with van der Waals surface area (Å²) in [5.41, 5.74) is 6.49. The Morgan fingerprint density at radius 3 is 2.26 bits per heavy atom. The summed E-state index contributed by atoms with van der Waals surface area (Å²) in [5.74, 6) is 0.827. The standard InChI is InChI=1S/C33H29N3O2/c1-38-25-16-17-30-28(20-25)33(32(37)36(30)22-24-12-6-3-7-13-24)31-27(26-14-8-9-15-29(26)34-31)18-19-35(33)21-23-10-4-2-5-11-23/h2-17,20,34H,18-19,21-22H2,1H3/t33-/m0/s1. The molecule has 2 aliphatic rings. The Morgan fingerprint density at radius 1 is 0.842 bits per heavy atom. The van der Waals surface area contributed by atoms with Crippen LogP contribution in [0.25, 0.3) is 10.9 Å². The summed E-state index contributed by atoms with van der Waals surface area (Å²) in [6.07, 6.45) is 0.874. The highest BCUT2D eigenvalue weighted by atomic mass is 16.5. The number of para-hydroxylation sites is 1. The number of H-pyrrole nitrogens is 1. The van der Waals surface area contributed by atoms with E-state index in [0.29, 0.717) is 13.1 Å². The number of anilines is 1. The van der Waals surface area contributed by atoms with Crippen molar-refractivity contribution in [2.75, 3.05) is 18.6 Å². The Bertz CT molecular complexity index is 1640. The summed E-state index contributed by atoms with van der Waals surface area (Å²) < 4.78 is 5.70. The smallest absolute Gasteiger partial charge is 0.258 e. The van der Waals surface area contributed by atoms with Gasteiger partial charge in [-0.05, 0) is 47.4 Å². The van der Waals surface area contributed by atoms with Gasteiger partial charge in [0.2, 0.25) is 0 Å². The molecule has 0 bridgehead atoms. The lowest BCUT2D eigenvalue weighted by molar-refractivity contribution is -0.129. The van der Waals surface area contributed by atoms with Crippen molar-refractivity contribution in [3.8, 4) is 5.75 Å². The minimum absolute atomic E-state index is 0.0769. The molecule has 5 nitrogen and oxygen atoms in total. The number of aromatic nitrogens is 1. The molecule has 1 atom stereocenters. The first-order chi connectivity index (χ1) is 18.7. The van der Waals surface area contributed by atoms with Gasteiger partial charge in [0.05, 0.1) is 25.0 Å². The molecule has 0 aliphatic carbocycles. The van der Waals surface area contributed by atoms with Crippen LogP contribution in [0.1, 0.15) is 27.9 Å². The number of ether oxygens (including phenoxy) is 1. The van der Waals surface area contributed by atoms with E-state index < -0.39 is 5.54 Å². The predicted molar refractivity (Wildman–Crippen MR) is 150 cm³/mol. The summed E-state index contributed by atoms with van der Waals surface area (Å²) in [6.45, 7) is 1.94. The maximum atomic E-state index is 15.0. The van der Waals surface area contributed by atoms with Gasteiger partial charge >= 0.3 is 0 Å². The third-order valence-electron chi connectivity index (χ3n) is 8.12. The zero-order valence-electron chi connectivity index (χ0n) is 21.4. The molecule has 5 heteroatoms. The van der Waals surface area contributed by atoms with Crippen LogP contribution in [-0.4, -0.2) is 29.4 Å². The maximum absolute atomic E-state index is 15.0. The molecule has 0 fully saturated rings. The fourth-order valence-corrected chi connectivity index (χ4v) is 6.40. The number of carbonyl (C=O) groups excluding carboxylic acids is 1. The Morgan fingerprint density at radius 2 is 1.53 bits per heavy atom. The van der Waals surface area contributed by atoms with Crippen LogP contribution in [0.3, 0.4) is 0 Å². The van der Waals surface area contributed by atoms with Crippen LogP contribution in [0.5, 0.6) is 5.75 Å². The molecule has 0 saturated heterocycles. The van der Waals surface area contributed by atoms with Crippen molar-refractivity contribution in [3.63, 3.8) is 0 Å². The van der Waals surface area contributed by atoms with E-state index in [-0.39, 0.29) is 5.91 Å². The number of rotatable bonds is 5. The molecule has 1 amide bonds. The Kier molecular flexibility index (Phi) is 5.34. The van der Waals surface area contributed by atoms with Crippen LogP contribution >= 0.6 is 0 Å². The molecule has 1 N–H and O–H groups in total. The van der Waals surface area contributed by atoms with Crippen molar-refractivity contribution in [3.05, 3.63) is 131 Å². The van der Waals surface area contributed by atoms with E-state index in [2.05, 4.69) is 70.5 Å². The van der Waals surface area contributed by atoms with E-state index in [9.17, 15) is 0 Å². The van der Waals surface area contributed by atoms with E-state index in [1.165, 1.54) is 16.5 Å². The van der Waals surface area contributed by atoms with Crippen molar-refractivity contribution in [1.82, 2.24) is 9.88 Å². The molecule has 188 valence electrons. The number of fused-ring (bicyclic) bond motifs is 6. The number of methoxy groups -OCH3 is 1. The zero-order valence-corrected chi connectivity index (χ0v) is 21.4. The number of hydrogen-bond acceptors (Lipinski definition) is 3. The Labute approximate surface area is 222 Å². The van der Waals surface area contributed by atoms with Crippen LogP contribution in [0.15, 0.2) is 103 Å². The largest absolute Gasteiger partial charge is 0.497 e. The molecule has 0 saturated carbocycles. The number of carbonyl (C=O) groups is 1. The molecule has 0 radical (unpaired) electrons. The third kappa shape index (κ3) is 3.32. The maximum Gasteiger partial charge on any atom is 0.258 e. The lowest BCUT2D eigenvalue weighted by atomic mass is 9.79. The summed E-state index contributed by atoms with van der Waals surface area (Å²) in [6, 6.07) is 35.1. The van der Waals surface area contributed by atoms with Crippen LogP contribution in [0, 0.1) is 0 Å². The molecule has 3 heterocycles. The highest BCUT2D eigenvalue weighted by Crippen LogP contribution is 2.53. The fourth-order valence-electron chi connectivity index (χ4n) is 6.40. The lowest BCUT2D eigenvalue weighted by Crippen LogP contribution is -2.56. The highest BCUT2D eigenvalue weighted by molar-refractivity contribution is 6.11. The first kappa shape index (κ1) is 22.8. The van der Waals surface area contributed by atoms with E-state index in [4.69, 9.17) is 4.74 Å². The topological polar surface area (TPSA) is 48.6 Å². The molecular formula is C33H29N3O2. The van der Waals surface area contributed by atoms with Gasteiger partial charge in [-0.15, -0.1) is 0 Å². The van der Waals surface area contributed by atoms with Gasteiger partial charge in [-0.1, -0.05) is 78.9 Å². The Balaban J connectivity index is 1.49. The minimum Gasteiger partial charge on any atom is -0.497 e. The van der Waals surface area contributed by atoms with Gasteiger partial charge in [-0.3, -0.25) is 9.69 Å².